The highest BCUT2D eigenvalue weighted by atomic mass is 14.9. The van der Waals surface area contributed by atoms with Gasteiger partial charge in [-0.05, 0) is 36.6 Å². The second kappa shape index (κ2) is 2.88. The zero-order valence-electron chi connectivity index (χ0n) is 9.31. The van der Waals surface area contributed by atoms with Crippen molar-refractivity contribution in [3.63, 3.8) is 0 Å². The molecule has 1 N–H and O–H groups in total. The first-order valence-electron chi connectivity index (χ1n) is 5.07. The van der Waals surface area contributed by atoms with E-state index in [1.54, 1.807) is 0 Å². The number of hydrogen-bond acceptors (Lipinski definition) is 1. The molecule has 0 radical (unpaired) electrons. The molecule has 1 aliphatic rings. The van der Waals surface area contributed by atoms with Crippen molar-refractivity contribution in [2.24, 2.45) is 0 Å². The molecule has 1 nitrogen and oxygen atoms in total. The highest BCUT2D eigenvalue weighted by molar-refractivity contribution is 5.63. The van der Waals surface area contributed by atoms with E-state index in [0.717, 1.165) is 0 Å². The molecule has 74 valence electrons. The van der Waals surface area contributed by atoms with Crippen LogP contribution in [0.5, 0.6) is 0 Å². The van der Waals surface area contributed by atoms with Crippen LogP contribution in [0.3, 0.4) is 0 Å². The SMILES string of the molecule is CC1=CNc2cc(C)ccc2C1(C)C. The summed E-state index contributed by atoms with van der Waals surface area (Å²) >= 11 is 0. The Bertz CT molecular complexity index is 400. The van der Waals surface area contributed by atoms with E-state index >= 15 is 0 Å². The van der Waals surface area contributed by atoms with Crippen LogP contribution < -0.4 is 5.32 Å². The molecule has 2 rings (SSSR count). The van der Waals surface area contributed by atoms with Crippen LogP contribution in [0.25, 0.3) is 0 Å². The molecule has 0 atom stereocenters. The molecule has 0 spiro atoms. The number of nitrogens with one attached hydrogen (secondary N) is 1. The quantitative estimate of drug-likeness (QED) is 0.654. The Labute approximate surface area is 85.8 Å². The summed E-state index contributed by atoms with van der Waals surface area (Å²) in [5.74, 6) is 0. The van der Waals surface area contributed by atoms with Crippen LogP contribution in [0.15, 0.2) is 30.0 Å². The molecule has 0 aliphatic carbocycles. The van der Waals surface area contributed by atoms with E-state index in [0.29, 0.717) is 0 Å². The molecule has 1 aromatic rings. The lowest BCUT2D eigenvalue weighted by molar-refractivity contribution is 0.617. The highest BCUT2D eigenvalue weighted by Crippen LogP contribution is 2.39. The number of aryl methyl sites for hydroxylation is 1. The average molecular weight is 187 g/mol. The lowest BCUT2D eigenvalue weighted by Crippen LogP contribution is -2.24. The first-order valence-corrected chi connectivity index (χ1v) is 5.07. The minimum Gasteiger partial charge on any atom is -0.361 e. The van der Waals surface area contributed by atoms with Gasteiger partial charge in [-0.25, -0.2) is 0 Å². The molecule has 1 aliphatic heterocycles. The van der Waals surface area contributed by atoms with Gasteiger partial charge in [-0.3, -0.25) is 0 Å². The van der Waals surface area contributed by atoms with E-state index in [2.05, 4.69) is 57.4 Å². The van der Waals surface area contributed by atoms with Crippen LogP contribution in [-0.4, -0.2) is 0 Å². The first kappa shape index (κ1) is 9.32. The predicted octanol–water partition coefficient (Wildman–Crippen LogP) is 3.60. The summed E-state index contributed by atoms with van der Waals surface area (Å²) in [4.78, 5) is 0. The summed E-state index contributed by atoms with van der Waals surface area (Å²) in [6.45, 7) is 8.84. The molecule has 14 heavy (non-hydrogen) atoms. The molecule has 0 unspecified atom stereocenters. The average Bonchev–Trinajstić information content (AvgIpc) is 2.12. The van der Waals surface area contributed by atoms with E-state index in [1.807, 2.05) is 0 Å². The van der Waals surface area contributed by atoms with Crippen LogP contribution in [-0.2, 0) is 5.41 Å². The standard InChI is InChI=1S/C13H17N/c1-9-5-6-11-12(7-9)14-8-10(2)13(11,3)4/h5-8,14H,1-4H3. The summed E-state index contributed by atoms with van der Waals surface area (Å²) in [6, 6.07) is 6.62. The van der Waals surface area contributed by atoms with Gasteiger partial charge in [-0.2, -0.15) is 0 Å². The molecule has 1 aromatic carbocycles. The predicted molar refractivity (Wildman–Crippen MR) is 61.6 cm³/mol. The van der Waals surface area contributed by atoms with Gasteiger partial charge < -0.3 is 5.32 Å². The van der Waals surface area contributed by atoms with Crippen LogP contribution in [0.1, 0.15) is 31.9 Å². The number of anilines is 1. The van der Waals surface area contributed by atoms with Gasteiger partial charge in [0.1, 0.15) is 0 Å². The van der Waals surface area contributed by atoms with Crippen molar-refractivity contribution in [2.75, 3.05) is 5.32 Å². The van der Waals surface area contributed by atoms with Gasteiger partial charge in [-0.15, -0.1) is 0 Å². The summed E-state index contributed by atoms with van der Waals surface area (Å²) in [5.41, 5.74) is 5.49. The Balaban J connectivity index is 2.60. The zero-order chi connectivity index (χ0) is 10.3. The van der Waals surface area contributed by atoms with Crippen molar-refractivity contribution in [2.45, 2.75) is 33.1 Å². The maximum Gasteiger partial charge on any atom is 0.0423 e. The Hall–Kier alpha value is -1.24. The molecule has 1 heterocycles. The van der Waals surface area contributed by atoms with E-state index in [1.165, 1.54) is 22.4 Å². The number of rotatable bonds is 0. The summed E-state index contributed by atoms with van der Waals surface area (Å²) in [5, 5.41) is 3.35. The molecule has 0 amide bonds. The fourth-order valence-corrected chi connectivity index (χ4v) is 1.90. The Morgan fingerprint density at radius 1 is 1.14 bits per heavy atom. The van der Waals surface area contributed by atoms with Crippen LogP contribution in [0.2, 0.25) is 0 Å². The first-order chi connectivity index (χ1) is 6.51. The van der Waals surface area contributed by atoms with Gasteiger partial charge in [0.15, 0.2) is 0 Å². The van der Waals surface area contributed by atoms with Crippen LogP contribution in [0, 0.1) is 6.92 Å². The second-order valence-corrected chi connectivity index (χ2v) is 4.65. The molecule has 0 bridgehead atoms. The Morgan fingerprint density at radius 2 is 1.86 bits per heavy atom. The minimum absolute atomic E-state index is 0.161. The monoisotopic (exact) mass is 187 g/mol. The van der Waals surface area contributed by atoms with E-state index in [4.69, 9.17) is 0 Å². The molecule has 0 saturated heterocycles. The third-order valence-corrected chi connectivity index (χ3v) is 3.28. The molecule has 0 aromatic heterocycles. The maximum absolute atomic E-state index is 3.35. The minimum atomic E-state index is 0.161. The van der Waals surface area contributed by atoms with Gasteiger partial charge in [0, 0.05) is 17.3 Å². The summed E-state index contributed by atoms with van der Waals surface area (Å²) in [7, 11) is 0. The number of allylic oxidation sites excluding steroid dienone is 1. The lowest BCUT2D eigenvalue weighted by atomic mass is 9.76. The van der Waals surface area contributed by atoms with Crippen molar-refractivity contribution in [1.82, 2.24) is 0 Å². The van der Waals surface area contributed by atoms with Gasteiger partial charge in [0.25, 0.3) is 0 Å². The zero-order valence-corrected chi connectivity index (χ0v) is 9.31. The highest BCUT2D eigenvalue weighted by Gasteiger charge is 2.28. The molecular formula is C13H17N. The number of hydrogen-bond donors (Lipinski definition) is 1. The largest absolute Gasteiger partial charge is 0.361 e. The Kier molecular flexibility index (Phi) is 1.91. The third kappa shape index (κ3) is 1.24. The molecular weight excluding hydrogens is 170 g/mol. The number of benzene rings is 1. The van der Waals surface area contributed by atoms with Crippen LogP contribution >= 0.6 is 0 Å². The smallest absolute Gasteiger partial charge is 0.0423 e. The van der Waals surface area contributed by atoms with Gasteiger partial charge in [-0.1, -0.05) is 26.0 Å². The maximum atomic E-state index is 3.35. The molecule has 0 saturated carbocycles. The third-order valence-electron chi connectivity index (χ3n) is 3.28. The summed E-state index contributed by atoms with van der Waals surface area (Å²) in [6.07, 6.45) is 2.11. The fraction of sp³-hybridized carbons (Fsp3) is 0.385. The van der Waals surface area contributed by atoms with E-state index in [-0.39, 0.29) is 5.41 Å². The van der Waals surface area contributed by atoms with Crippen molar-refractivity contribution in [3.05, 3.63) is 41.1 Å². The van der Waals surface area contributed by atoms with Crippen molar-refractivity contribution < 1.29 is 0 Å². The van der Waals surface area contributed by atoms with Crippen molar-refractivity contribution in [3.8, 4) is 0 Å². The summed E-state index contributed by atoms with van der Waals surface area (Å²) < 4.78 is 0. The van der Waals surface area contributed by atoms with Crippen molar-refractivity contribution >= 4 is 5.69 Å². The molecule has 0 fully saturated rings. The second-order valence-electron chi connectivity index (χ2n) is 4.65. The van der Waals surface area contributed by atoms with Gasteiger partial charge >= 0.3 is 0 Å². The molecule has 1 heteroatoms. The van der Waals surface area contributed by atoms with Crippen LogP contribution in [0.4, 0.5) is 5.69 Å². The van der Waals surface area contributed by atoms with Gasteiger partial charge in [0.05, 0.1) is 0 Å². The van der Waals surface area contributed by atoms with Gasteiger partial charge in [0.2, 0.25) is 0 Å². The van der Waals surface area contributed by atoms with E-state index < -0.39 is 0 Å². The lowest BCUT2D eigenvalue weighted by Gasteiger charge is -2.33. The fourth-order valence-electron chi connectivity index (χ4n) is 1.90. The topological polar surface area (TPSA) is 12.0 Å². The van der Waals surface area contributed by atoms with E-state index in [9.17, 15) is 0 Å². The Morgan fingerprint density at radius 3 is 2.57 bits per heavy atom. The normalized spacial score (nSPS) is 18.1. The number of fused-ring (bicyclic) bond motifs is 1. The van der Waals surface area contributed by atoms with Crippen molar-refractivity contribution in [1.29, 1.82) is 0 Å².